The second-order valence-corrected chi connectivity index (χ2v) is 4.44. The van der Waals surface area contributed by atoms with Crippen LogP contribution >= 0.6 is 11.3 Å². The fourth-order valence-corrected chi connectivity index (χ4v) is 2.47. The molecule has 0 radical (unpaired) electrons. The molecule has 0 aliphatic heterocycles. The maximum Gasteiger partial charge on any atom is 0.182 e. The van der Waals surface area contributed by atoms with Crippen LogP contribution in [0.5, 0.6) is 0 Å². The minimum absolute atomic E-state index is 0.335. The van der Waals surface area contributed by atoms with Crippen molar-refractivity contribution in [3.63, 3.8) is 0 Å². The molecular formula is C12H12N4S. The van der Waals surface area contributed by atoms with Crippen LogP contribution in [0.4, 0.5) is 5.82 Å². The van der Waals surface area contributed by atoms with Crippen LogP contribution in [-0.4, -0.2) is 9.97 Å². The van der Waals surface area contributed by atoms with Gasteiger partial charge in [-0.05, 0) is 23.4 Å². The van der Waals surface area contributed by atoms with Crippen molar-refractivity contribution in [3.8, 4) is 6.07 Å². The van der Waals surface area contributed by atoms with Crippen molar-refractivity contribution in [1.29, 1.82) is 5.26 Å². The fraction of sp³-hybridized carbons (Fsp3) is 0.250. The molecule has 0 aliphatic carbocycles. The van der Waals surface area contributed by atoms with Crippen LogP contribution in [-0.2, 0) is 13.0 Å². The predicted octanol–water partition coefficient (Wildman–Crippen LogP) is 2.58. The molecule has 86 valence electrons. The number of hydrogen-bond donors (Lipinski definition) is 1. The molecule has 2 aromatic rings. The molecule has 0 bridgehead atoms. The van der Waals surface area contributed by atoms with E-state index in [9.17, 15) is 0 Å². The first kappa shape index (κ1) is 11.6. The van der Waals surface area contributed by atoms with Crippen molar-refractivity contribution in [3.05, 3.63) is 40.0 Å². The highest BCUT2D eigenvalue weighted by Crippen LogP contribution is 2.19. The van der Waals surface area contributed by atoms with E-state index in [4.69, 9.17) is 5.26 Å². The van der Waals surface area contributed by atoms with Crippen LogP contribution in [0, 0.1) is 11.3 Å². The average molecular weight is 244 g/mol. The normalized spacial score (nSPS) is 9.88. The van der Waals surface area contributed by atoms with E-state index >= 15 is 0 Å². The number of aromatic nitrogens is 2. The van der Waals surface area contributed by atoms with Gasteiger partial charge in [0, 0.05) is 17.3 Å². The van der Waals surface area contributed by atoms with Gasteiger partial charge in [0.15, 0.2) is 11.5 Å². The SMILES string of the molecule is CCc1ccsc1CNc1nccnc1C#N. The number of aryl methyl sites for hydroxylation is 1. The highest BCUT2D eigenvalue weighted by molar-refractivity contribution is 7.10. The van der Waals surface area contributed by atoms with Crippen LogP contribution in [0.15, 0.2) is 23.8 Å². The van der Waals surface area contributed by atoms with Crippen LogP contribution in [0.2, 0.25) is 0 Å². The standard InChI is InChI=1S/C12H12N4S/c1-2-9-3-6-17-11(9)8-16-12-10(7-13)14-4-5-15-12/h3-6H,2,8H2,1H3,(H,15,16). The second-order valence-electron chi connectivity index (χ2n) is 3.44. The van der Waals surface area contributed by atoms with E-state index < -0.39 is 0 Å². The van der Waals surface area contributed by atoms with Gasteiger partial charge in [0.25, 0.3) is 0 Å². The van der Waals surface area contributed by atoms with Crippen LogP contribution in [0.25, 0.3) is 0 Å². The van der Waals surface area contributed by atoms with Gasteiger partial charge in [-0.1, -0.05) is 6.92 Å². The smallest absolute Gasteiger partial charge is 0.182 e. The molecule has 0 fully saturated rings. The molecule has 2 heterocycles. The van der Waals surface area contributed by atoms with Gasteiger partial charge < -0.3 is 5.32 Å². The average Bonchev–Trinajstić information content (AvgIpc) is 2.84. The lowest BCUT2D eigenvalue weighted by Gasteiger charge is -2.06. The summed E-state index contributed by atoms with van der Waals surface area (Å²) in [6.07, 6.45) is 4.12. The first-order chi connectivity index (χ1) is 8.35. The van der Waals surface area contributed by atoms with Gasteiger partial charge in [0.2, 0.25) is 0 Å². The summed E-state index contributed by atoms with van der Waals surface area (Å²) < 4.78 is 0. The molecule has 0 amide bonds. The fourth-order valence-electron chi connectivity index (χ4n) is 1.55. The van der Waals surface area contributed by atoms with Crippen molar-refractivity contribution >= 4 is 17.2 Å². The van der Waals surface area contributed by atoms with Crippen molar-refractivity contribution < 1.29 is 0 Å². The van der Waals surface area contributed by atoms with Crippen molar-refractivity contribution in [2.24, 2.45) is 0 Å². The van der Waals surface area contributed by atoms with Gasteiger partial charge >= 0.3 is 0 Å². The highest BCUT2D eigenvalue weighted by Gasteiger charge is 2.06. The Bertz CT molecular complexity index is 541. The molecule has 2 aromatic heterocycles. The van der Waals surface area contributed by atoms with E-state index in [-0.39, 0.29) is 0 Å². The van der Waals surface area contributed by atoms with Crippen LogP contribution in [0.3, 0.4) is 0 Å². The molecule has 2 rings (SSSR count). The van der Waals surface area contributed by atoms with Crippen molar-refractivity contribution in [2.45, 2.75) is 19.9 Å². The third-order valence-electron chi connectivity index (χ3n) is 2.44. The van der Waals surface area contributed by atoms with Gasteiger partial charge in [-0.2, -0.15) is 5.26 Å². The monoisotopic (exact) mass is 244 g/mol. The number of hydrogen-bond acceptors (Lipinski definition) is 5. The molecule has 0 aliphatic rings. The summed E-state index contributed by atoms with van der Waals surface area (Å²) in [5, 5.41) is 14.1. The number of thiophene rings is 1. The summed E-state index contributed by atoms with van der Waals surface area (Å²) in [6, 6.07) is 4.15. The van der Waals surface area contributed by atoms with Gasteiger partial charge in [0.1, 0.15) is 6.07 Å². The number of nitriles is 1. The van der Waals surface area contributed by atoms with E-state index in [2.05, 4.69) is 33.7 Å². The van der Waals surface area contributed by atoms with Gasteiger partial charge in [0.05, 0.1) is 6.54 Å². The first-order valence-corrected chi connectivity index (χ1v) is 6.23. The van der Waals surface area contributed by atoms with Crippen molar-refractivity contribution in [2.75, 3.05) is 5.32 Å². The number of nitrogens with one attached hydrogen (secondary N) is 1. The zero-order valence-electron chi connectivity index (χ0n) is 9.47. The zero-order valence-corrected chi connectivity index (χ0v) is 10.3. The van der Waals surface area contributed by atoms with E-state index in [0.717, 1.165) is 6.42 Å². The molecule has 0 spiro atoms. The molecule has 0 atom stereocenters. The van der Waals surface area contributed by atoms with Crippen LogP contribution in [0.1, 0.15) is 23.1 Å². The summed E-state index contributed by atoms with van der Waals surface area (Å²) in [5.41, 5.74) is 1.67. The van der Waals surface area contributed by atoms with E-state index in [0.29, 0.717) is 18.1 Å². The Morgan fingerprint density at radius 3 is 3.00 bits per heavy atom. The Balaban J connectivity index is 2.10. The third kappa shape index (κ3) is 2.60. The molecule has 0 saturated heterocycles. The minimum Gasteiger partial charge on any atom is -0.363 e. The summed E-state index contributed by atoms with van der Waals surface area (Å²) in [5.74, 6) is 0.547. The summed E-state index contributed by atoms with van der Waals surface area (Å²) in [6.45, 7) is 2.82. The van der Waals surface area contributed by atoms with Gasteiger partial charge in [-0.3, -0.25) is 0 Å². The predicted molar refractivity (Wildman–Crippen MR) is 67.8 cm³/mol. The lowest BCUT2D eigenvalue weighted by atomic mass is 10.2. The molecule has 1 N–H and O–H groups in total. The largest absolute Gasteiger partial charge is 0.363 e. The minimum atomic E-state index is 0.335. The van der Waals surface area contributed by atoms with Gasteiger partial charge in [-0.15, -0.1) is 11.3 Å². The summed E-state index contributed by atoms with van der Waals surface area (Å²) in [4.78, 5) is 9.35. The summed E-state index contributed by atoms with van der Waals surface area (Å²) >= 11 is 1.71. The lowest BCUT2D eigenvalue weighted by Crippen LogP contribution is -2.04. The highest BCUT2D eigenvalue weighted by atomic mass is 32.1. The Kier molecular flexibility index (Phi) is 3.68. The Labute approximate surface area is 104 Å². The Hall–Kier alpha value is -1.93. The van der Waals surface area contributed by atoms with E-state index in [1.807, 2.05) is 6.07 Å². The van der Waals surface area contributed by atoms with Gasteiger partial charge in [-0.25, -0.2) is 9.97 Å². The molecular weight excluding hydrogens is 232 g/mol. The van der Waals surface area contributed by atoms with Crippen molar-refractivity contribution in [1.82, 2.24) is 9.97 Å². The number of rotatable bonds is 4. The Morgan fingerprint density at radius 2 is 2.24 bits per heavy atom. The third-order valence-corrected chi connectivity index (χ3v) is 3.40. The topological polar surface area (TPSA) is 61.6 Å². The summed E-state index contributed by atoms with van der Waals surface area (Å²) in [7, 11) is 0. The molecule has 5 heteroatoms. The van der Waals surface area contributed by atoms with E-state index in [1.165, 1.54) is 16.6 Å². The zero-order chi connectivity index (χ0) is 12.1. The lowest BCUT2D eigenvalue weighted by molar-refractivity contribution is 1.05. The molecule has 0 aromatic carbocycles. The first-order valence-electron chi connectivity index (χ1n) is 5.35. The molecule has 4 nitrogen and oxygen atoms in total. The number of anilines is 1. The molecule has 17 heavy (non-hydrogen) atoms. The number of nitrogens with zero attached hydrogens (tertiary/aromatic N) is 3. The maximum atomic E-state index is 8.89. The maximum absolute atomic E-state index is 8.89. The van der Waals surface area contributed by atoms with E-state index in [1.54, 1.807) is 17.5 Å². The molecule has 0 unspecified atom stereocenters. The molecule has 0 saturated carbocycles. The quantitative estimate of drug-likeness (QED) is 0.898. The van der Waals surface area contributed by atoms with Crippen LogP contribution < -0.4 is 5.32 Å². The second kappa shape index (κ2) is 5.41. The Morgan fingerprint density at radius 1 is 1.41 bits per heavy atom.